The van der Waals surface area contributed by atoms with Crippen LogP contribution in [0.3, 0.4) is 0 Å². The molecule has 0 N–H and O–H groups in total. The molecule has 1 saturated carbocycles. The number of hydrogen-bond acceptors (Lipinski definition) is 2. The molecule has 0 radical (unpaired) electrons. The molecule has 0 aromatic rings. The molecular formula is C10H16O2. The van der Waals surface area contributed by atoms with Crippen molar-refractivity contribution in [2.24, 2.45) is 0 Å². The molecule has 0 saturated heterocycles. The van der Waals surface area contributed by atoms with Crippen LogP contribution in [0.25, 0.3) is 0 Å². The molecule has 0 bridgehead atoms. The summed E-state index contributed by atoms with van der Waals surface area (Å²) in [5.74, 6) is 0.595. The first-order chi connectivity index (χ1) is 5.88. The number of allylic oxidation sites excluding steroid dienone is 2. The summed E-state index contributed by atoms with van der Waals surface area (Å²) in [4.78, 5) is 10.6. The van der Waals surface area contributed by atoms with Crippen LogP contribution in [0.15, 0.2) is 11.3 Å². The zero-order chi connectivity index (χ0) is 8.81. The van der Waals surface area contributed by atoms with Crippen LogP contribution in [-0.4, -0.2) is 12.9 Å². The Kier molecular flexibility index (Phi) is 3.85. The van der Waals surface area contributed by atoms with Crippen LogP contribution >= 0.6 is 0 Å². The van der Waals surface area contributed by atoms with Crippen molar-refractivity contribution in [3.8, 4) is 0 Å². The second kappa shape index (κ2) is 4.96. The van der Waals surface area contributed by atoms with Crippen LogP contribution < -0.4 is 0 Å². The maximum absolute atomic E-state index is 10.6. The lowest BCUT2D eigenvalue weighted by Gasteiger charge is -2.15. The third-order valence-corrected chi connectivity index (χ3v) is 2.21. The van der Waals surface area contributed by atoms with Crippen molar-refractivity contribution >= 4 is 6.29 Å². The normalized spacial score (nSPS) is 17.2. The van der Waals surface area contributed by atoms with Crippen molar-refractivity contribution in [1.29, 1.82) is 0 Å². The lowest BCUT2D eigenvalue weighted by molar-refractivity contribution is -0.107. The van der Waals surface area contributed by atoms with Gasteiger partial charge in [0.05, 0.1) is 6.61 Å². The number of carbonyl (C=O) groups is 1. The number of rotatable bonds is 3. The molecule has 1 aliphatic carbocycles. The minimum Gasteiger partial charge on any atom is -0.491 e. The van der Waals surface area contributed by atoms with Crippen molar-refractivity contribution in [3.05, 3.63) is 11.3 Å². The van der Waals surface area contributed by atoms with Crippen molar-refractivity contribution in [1.82, 2.24) is 0 Å². The molecule has 0 aromatic heterocycles. The van der Waals surface area contributed by atoms with Crippen molar-refractivity contribution in [3.63, 3.8) is 0 Å². The van der Waals surface area contributed by atoms with Gasteiger partial charge in [-0.3, -0.25) is 4.79 Å². The fraction of sp³-hybridized carbons (Fsp3) is 0.700. The van der Waals surface area contributed by atoms with Gasteiger partial charge >= 0.3 is 0 Å². The highest BCUT2D eigenvalue weighted by atomic mass is 16.5. The highest BCUT2D eigenvalue weighted by molar-refractivity contribution is 5.71. The van der Waals surface area contributed by atoms with E-state index in [4.69, 9.17) is 4.74 Å². The summed E-state index contributed by atoms with van der Waals surface area (Å²) < 4.78 is 5.24. The first-order valence-electron chi connectivity index (χ1n) is 4.68. The van der Waals surface area contributed by atoms with Crippen molar-refractivity contribution in [2.75, 3.05) is 6.61 Å². The van der Waals surface area contributed by atoms with Crippen LogP contribution in [-0.2, 0) is 9.53 Å². The lowest BCUT2D eigenvalue weighted by atomic mass is 9.94. The van der Waals surface area contributed by atoms with Gasteiger partial charge in [0.25, 0.3) is 0 Å². The second-order valence-corrected chi connectivity index (χ2v) is 3.08. The zero-order valence-corrected chi connectivity index (χ0v) is 7.64. The van der Waals surface area contributed by atoms with Gasteiger partial charge in [-0.1, -0.05) is 6.42 Å². The van der Waals surface area contributed by atoms with E-state index in [-0.39, 0.29) is 0 Å². The van der Waals surface area contributed by atoms with E-state index in [1.165, 1.54) is 24.8 Å². The van der Waals surface area contributed by atoms with Crippen LogP contribution in [0.5, 0.6) is 0 Å². The number of hydrogen-bond donors (Lipinski definition) is 0. The predicted molar refractivity (Wildman–Crippen MR) is 47.8 cm³/mol. The molecule has 0 heterocycles. The fourth-order valence-corrected chi connectivity index (χ4v) is 1.60. The van der Waals surface area contributed by atoms with Gasteiger partial charge < -0.3 is 4.74 Å². The maximum atomic E-state index is 10.6. The summed E-state index contributed by atoms with van der Waals surface area (Å²) in [5, 5.41) is 0. The average molecular weight is 168 g/mol. The average Bonchev–Trinajstić information content (AvgIpc) is 2.15. The quantitative estimate of drug-likeness (QED) is 0.367. The van der Waals surface area contributed by atoms with E-state index in [2.05, 4.69) is 0 Å². The maximum Gasteiger partial charge on any atom is 0.184 e. The van der Waals surface area contributed by atoms with Crippen LogP contribution in [0.1, 0.15) is 39.0 Å². The van der Waals surface area contributed by atoms with E-state index in [1.807, 2.05) is 6.92 Å². The summed E-state index contributed by atoms with van der Waals surface area (Å²) in [5.41, 5.74) is 1.22. The van der Waals surface area contributed by atoms with Gasteiger partial charge in [-0.25, -0.2) is 0 Å². The van der Waals surface area contributed by atoms with Gasteiger partial charge in [0.15, 0.2) is 12.0 Å². The minimum atomic E-state index is 0.595. The summed E-state index contributed by atoms with van der Waals surface area (Å²) in [6.07, 6.45) is 6.66. The van der Waals surface area contributed by atoms with Gasteiger partial charge in [0, 0.05) is 0 Å². The van der Waals surface area contributed by atoms with E-state index in [0.717, 1.165) is 19.1 Å². The molecule has 0 spiro atoms. The highest BCUT2D eigenvalue weighted by Gasteiger charge is 2.11. The SMILES string of the molecule is CCOC(C=O)=C1CCCCC1. The largest absolute Gasteiger partial charge is 0.491 e. The minimum absolute atomic E-state index is 0.595. The Morgan fingerprint density at radius 3 is 2.58 bits per heavy atom. The molecule has 1 fully saturated rings. The molecular weight excluding hydrogens is 152 g/mol. The summed E-state index contributed by atoms with van der Waals surface area (Å²) >= 11 is 0. The lowest BCUT2D eigenvalue weighted by Crippen LogP contribution is -2.03. The molecule has 0 unspecified atom stereocenters. The smallest absolute Gasteiger partial charge is 0.184 e. The Balaban J connectivity index is 2.61. The molecule has 0 amide bonds. The van der Waals surface area contributed by atoms with Gasteiger partial charge in [-0.05, 0) is 38.2 Å². The Bertz CT molecular complexity index is 174. The summed E-state index contributed by atoms with van der Waals surface area (Å²) in [7, 11) is 0. The molecule has 2 nitrogen and oxygen atoms in total. The van der Waals surface area contributed by atoms with Gasteiger partial charge in [0.2, 0.25) is 0 Å². The third-order valence-electron chi connectivity index (χ3n) is 2.21. The van der Waals surface area contributed by atoms with Crippen molar-refractivity contribution < 1.29 is 9.53 Å². The number of ether oxygens (including phenoxy) is 1. The van der Waals surface area contributed by atoms with Gasteiger partial charge in [-0.2, -0.15) is 0 Å². The van der Waals surface area contributed by atoms with E-state index >= 15 is 0 Å². The zero-order valence-electron chi connectivity index (χ0n) is 7.64. The Morgan fingerprint density at radius 2 is 2.08 bits per heavy atom. The first-order valence-corrected chi connectivity index (χ1v) is 4.68. The third kappa shape index (κ3) is 2.36. The van der Waals surface area contributed by atoms with Crippen LogP contribution in [0.2, 0.25) is 0 Å². The standard InChI is InChI=1S/C10H16O2/c1-2-12-10(8-11)9-6-4-3-5-7-9/h8H,2-7H2,1H3. The van der Waals surface area contributed by atoms with E-state index in [1.54, 1.807) is 0 Å². The Hall–Kier alpha value is -0.790. The van der Waals surface area contributed by atoms with Crippen molar-refractivity contribution in [2.45, 2.75) is 39.0 Å². The fourth-order valence-electron chi connectivity index (χ4n) is 1.60. The molecule has 12 heavy (non-hydrogen) atoms. The topological polar surface area (TPSA) is 26.3 Å². The van der Waals surface area contributed by atoms with Gasteiger partial charge in [-0.15, -0.1) is 0 Å². The molecule has 1 aliphatic rings. The predicted octanol–water partition coefficient (Wildman–Crippen LogP) is 2.44. The molecule has 68 valence electrons. The Labute approximate surface area is 73.6 Å². The van der Waals surface area contributed by atoms with Gasteiger partial charge in [0.1, 0.15) is 0 Å². The van der Waals surface area contributed by atoms with E-state index in [9.17, 15) is 4.79 Å². The molecule has 0 aliphatic heterocycles. The van der Waals surface area contributed by atoms with E-state index in [0.29, 0.717) is 12.4 Å². The van der Waals surface area contributed by atoms with Crippen LogP contribution in [0, 0.1) is 0 Å². The number of carbonyl (C=O) groups excluding carboxylic acids is 1. The monoisotopic (exact) mass is 168 g/mol. The van der Waals surface area contributed by atoms with Crippen LogP contribution in [0.4, 0.5) is 0 Å². The molecule has 2 heteroatoms. The first kappa shape index (κ1) is 9.30. The highest BCUT2D eigenvalue weighted by Crippen LogP contribution is 2.25. The molecule has 1 rings (SSSR count). The second-order valence-electron chi connectivity index (χ2n) is 3.08. The summed E-state index contributed by atoms with van der Waals surface area (Å²) in [6.45, 7) is 2.50. The van der Waals surface area contributed by atoms with E-state index < -0.39 is 0 Å². The molecule has 0 aromatic carbocycles. The summed E-state index contributed by atoms with van der Waals surface area (Å²) in [6, 6.07) is 0. The Morgan fingerprint density at radius 1 is 1.42 bits per heavy atom. The number of aldehydes is 1. The molecule has 0 atom stereocenters.